The lowest BCUT2D eigenvalue weighted by Crippen LogP contribution is -2.15. The van der Waals surface area contributed by atoms with E-state index in [9.17, 15) is 0 Å². The van der Waals surface area contributed by atoms with Crippen molar-refractivity contribution in [2.24, 2.45) is 5.10 Å². The Bertz CT molecular complexity index is 680. The van der Waals surface area contributed by atoms with Gasteiger partial charge in [0.05, 0.1) is 11.4 Å². The number of para-hydroxylation sites is 1. The average Bonchev–Trinajstić information content (AvgIpc) is 2.53. The normalized spacial score (nSPS) is 13.9. The van der Waals surface area contributed by atoms with Gasteiger partial charge in [-0.1, -0.05) is 18.2 Å². The summed E-state index contributed by atoms with van der Waals surface area (Å²) in [5.41, 5.74) is 7.19. The van der Waals surface area contributed by atoms with E-state index in [1.54, 1.807) is 0 Å². The number of hydrogen-bond acceptors (Lipinski definition) is 4. The van der Waals surface area contributed by atoms with E-state index in [2.05, 4.69) is 23.5 Å². The van der Waals surface area contributed by atoms with Gasteiger partial charge < -0.3 is 9.47 Å². The fourth-order valence-corrected chi connectivity index (χ4v) is 2.18. The lowest BCUT2D eigenvalue weighted by Gasteiger charge is -2.18. The van der Waals surface area contributed by atoms with E-state index >= 15 is 0 Å². The molecule has 108 valence electrons. The molecule has 4 heteroatoms. The Morgan fingerprint density at radius 2 is 1.81 bits per heavy atom. The molecule has 0 spiro atoms. The minimum Gasteiger partial charge on any atom is -0.486 e. The first-order valence-electron chi connectivity index (χ1n) is 7.00. The molecule has 4 nitrogen and oxygen atoms in total. The lowest BCUT2D eigenvalue weighted by atomic mass is 10.1. The zero-order valence-corrected chi connectivity index (χ0v) is 12.2. The number of rotatable bonds is 3. The Morgan fingerprint density at radius 1 is 1.05 bits per heavy atom. The Hall–Kier alpha value is -2.49. The van der Waals surface area contributed by atoms with E-state index in [-0.39, 0.29) is 0 Å². The Kier molecular flexibility index (Phi) is 3.77. The van der Waals surface area contributed by atoms with Crippen molar-refractivity contribution in [1.82, 2.24) is 0 Å². The molecule has 0 fully saturated rings. The summed E-state index contributed by atoms with van der Waals surface area (Å²) in [5.74, 6) is 1.58. The van der Waals surface area contributed by atoms with Gasteiger partial charge >= 0.3 is 0 Å². The van der Waals surface area contributed by atoms with Crippen LogP contribution in [0.5, 0.6) is 11.5 Å². The van der Waals surface area contributed by atoms with Crippen LogP contribution >= 0.6 is 0 Å². The molecule has 2 aromatic rings. The molecule has 0 radical (unpaired) electrons. The molecule has 21 heavy (non-hydrogen) atoms. The van der Waals surface area contributed by atoms with E-state index in [1.807, 2.05) is 43.3 Å². The summed E-state index contributed by atoms with van der Waals surface area (Å²) >= 11 is 0. The maximum Gasteiger partial charge on any atom is 0.162 e. The SMILES string of the molecule is C/C(=N/Nc1ccccc1C)c1ccc2c(c1)OCCO2. The summed E-state index contributed by atoms with van der Waals surface area (Å²) in [7, 11) is 0. The molecule has 0 amide bonds. The first-order chi connectivity index (χ1) is 10.2. The van der Waals surface area contributed by atoms with Gasteiger partial charge in [-0.05, 0) is 43.7 Å². The number of hydrogen-bond donors (Lipinski definition) is 1. The van der Waals surface area contributed by atoms with Crippen LogP contribution in [0.25, 0.3) is 0 Å². The smallest absolute Gasteiger partial charge is 0.162 e. The van der Waals surface area contributed by atoms with E-state index in [4.69, 9.17) is 9.47 Å². The average molecular weight is 282 g/mol. The highest BCUT2D eigenvalue weighted by Crippen LogP contribution is 2.30. The number of nitrogens with one attached hydrogen (secondary N) is 1. The van der Waals surface area contributed by atoms with Gasteiger partial charge in [0.1, 0.15) is 13.2 Å². The largest absolute Gasteiger partial charge is 0.486 e. The molecular weight excluding hydrogens is 264 g/mol. The second-order valence-electron chi connectivity index (χ2n) is 4.98. The third-order valence-electron chi connectivity index (χ3n) is 3.45. The maximum absolute atomic E-state index is 5.60. The topological polar surface area (TPSA) is 42.9 Å². The van der Waals surface area contributed by atoms with Crippen molar-refractivity contribution < 1.29 is 9.47 Å². The van der Waals surface area contributed by atoms with Crippen molar-refractivity contribution in [3.63, 3.8) is 0 Å². The quantitative estimate of drug-likeness (QED) is 0.691. The number of anilines is 1. The second-order valence-corrected chi connectivity index (χ2v) is 4.98. The number of hydrazone groups is 1. The van der Waals surface area contributed by atoms with Gasteiger partial charge in [-0.3, -0.25) is 5.43 Å². The van der Waals surface area contributed by atoms with Crippen LogP contribution in [0, 0.1) is 6.92 Å². The van der Waals surface area contributed by atoms with Crippen LogP contribution in [-0.4, -0.2) is 18.9 Å². The van der Waals surface area contributed by atoms with Crippen LogP contribution in [0.4, 0.5) is 5.69 Å². The molecule has 1 aliphatic heterocycles. The van der Waals surface area contributed by atoms with Gasteiger partial charge in [0.2, 0.25) is 0 Å². The van der Waals surface area contributed by atoms with E-state index < -0.39 is 0 Å². The van der Waals surface area contributed by atoms with Crippen LogP contribution in [0.1, 0.15) is 18.1 Å². The van der Waals surface area contributed by atoms with Gasteiger partial charge in [-0.2, -0.15) is 5.10 Å². The van der Waals surface area contributed by atoms with Gasteiger partial charge in [0.15, 0.2) is 11.5 Å². The highest BCUT2D eigenvalue weighted by Gasteiger charge is 2.12. The molecular formula is C17H18N2O2. The summed E-state index contributed by atoms with van der Waals surface area (Å²) in [5, 5.41) is 4.44. The van der Waals surface area contributed by atoms with Crippen molar-refractivity contribution in [3.05, 3.63) is 53.6 Å². The van der Waals surface area contributed by atoms with Crippen LogP contribution in [0.2, 0.25) is 0 Å². The second kappa shape index (κ2) is 5.87. The van der Waals surface area contributed by atoms with Gasteiger partial charge in [0.25, 0.3) is 0 Å². The summed E-state index contributed by atoms with van der Waals surface area (Å²) < 4.78 is 11.1. The van der Waals surface area contributed by atoms with E-state index in [0.29, 0.717) is 13.2 Å². The molecule has 0 aliphatic carbocycles. The molecule has 3 rings (SSSR count). The first kappa shape index (κ1) is 13.5. The molecule has 0 saturated heterocycles. The van der Waals surface area contributed by atoms with Crippen molar-refractivity contribution in [2.75, 3.05) is 18.6 Å². The predicted octanol–water partition coefficient (Wildman–Crippen LogP) is 3.60. The summed E-state index contributed by atoms with van der Waals surface area (Å²) in [4.78, 5) is 0. The van der Waals surface area contributed by atoms with Gasteiger partial charge in [0, 0.05) is 5.56 Å². The summed E-state index contributed by atoms with van der Waals surface area (Å²) in [6.45, 7) is 5.22. The molecule has 0 atom stereocenters. The Morgan fingerprint density at radius 3 is 2.62 bits per heavy atom. The number of benzene rings is 2. The van der Waals surface area contributed by atoms with Crippen molar-refractivity contribution >= 4 is 11.4 Å². The standard InChI is InChI=1S/C17H18N2O2/c1-12-5-3-4-6-15(12)19-18-13(2)14-7-8-16-17(11-14)21-10-9-20-16/h3-8,11,19H,9-10H2,1-2H3/b18-13-. The Balaban J connectivity index is 1.80. The number of aryl methyl sites for hydroxylation is 1. The molecule has 1 N–H and O–H groups in total. The van der Waals surface area contributed by atoms with Crippen molar-refractivity contribution in [3.8, 4) is 11.5 Å². The zero-order chi connectivity index (χ0) is 14.7. The van der Waals surface area contributed by atoms with E-state index in [0.717, 1.165) is 34.0 Å². The van der Waals surface area contributed by atoms with Crippen molar-refractivity contribution in [2.45, 2.75) is 13.8 Å². The first-order valence-corrected chi connectivity index (χ1v) is 7.00. The third kappa shape index (κ3) is 2.99. The minimum absolute atomic E-state index is 0.591. The summed E-state index contributed by atoms with van der Waals surface area (Å²) in [6.07, 6.45) is 0. The monoisotopic (exact) mass is 282 g/mol. The van der Waals surface area contributed by atoms with Gasteiger partial charge in [-0.25, -0.2) is 0 Å². The van der Waals surface area contributed by atoms with Crippen molar-refractivity contribution in [1.29, 1.82) is 0 Å². The van der Waals surface area contributed by atoms with Crippen LogP contribution in [-0.2, 0) is 0 Å². The lowest BCUT2D eigenvalue weighted by molar-refractivity contribution is 0.171. The van der Waals surface area contributed by atoms with Crippen LogP contribution in [0.3, 0.4) is 0 Å². The highest BCUT2D eigenvalue weighted by molar-refractivity contribution is 5.99. The van der Waals surface area contributed by atoms with Crippen LogP contribution in [0.15, 0.2) is 47.6 Å². The number of ether oxygens (including phenoxy) is 2. The van der Waals surface area contributed by atoms with E-state index in [1.165, 1.54) is 0 Å². The number of fused-ring (bicyclic) bond motifs is 1. The minimum atomic E-state index is 0.591. The molecule has 0 bridgehead atoms. The fourth-order valence-electron chi connectivity index (χ4n) is 2.18. The molecule has 1 heterocycles. The molecule has 2 aromatic carbocycles. The summed E-state index contributed by atoms with van der Waals surface area (Å²) in [6, 6.07) is 13.9. The molecule has 0 aromatic heterocycles. The molecule has 0 unspecified atom stereocenters. The number of nitrogens with zero attached hydrogens (tertiary/aromatic N) is 1. The Labute approximate surface area is 124 Å². The van der Waals surface area contributed by atoms with Crippen LogP contribution < -0.4 is 14.9 Å². The highest BCUT2D eigenvalue weighted by atomic mass is 16.6. The van der Waals surface area contributed by atoms with Gasteiger partial charge in [-0.15, -0.1) is 0 Å². The zero-order valence-electron chi connectivity index (χ0n) is 12.2. The molecule has 0 saturated carbocycles. The maximum atomic E-state index is 5.60. The molecule has 1 aliphatic rings. The predicted molar refractivity (Wildman–Crippen MR) is 84.4 cm³/mol. The fraction of sp³-hybridized carbons (Fsp3) is 0.235. The third-order valence-corrected chi connectivity index (χ3v) is 3.45.